The number of aryl methyl sites for hydroxylation is 1. The van der Waals surface area contributed by atoms with Gasteiger partial charge < -0.3 is 5.32 Å². The van der Waals surface area contributed by atoms with Crippen molar-refractivity contribution in [1.29, 1.82) is 0 Å². The Morgan fingerprint density at radius 3 is 3.21 bits per heavy atom. The standard InChI is InChI=1S/C14H15N5/c1-2-9-4-3-6-16-12(9)11-8-10-5-7-17-13(10)14(18-11)19-15/h3-8,14H,2H2,1H3,(H3,15,16,17,18,19)/p+1. The Kier molecular flexibility index (Phi) is 3.01. The highest BCUT2D eigenvalue weighted by Gasteiger charge is 2.34. The highest BCUT2D eigenvalue weighted by Crippen LogP contribution is 2.22. The lowest BCUT2D eigenvalue weighted by Crippen LogP contribution is -2.53. The van der Waals surface area contributed by atoms with Crippen LogP contribution in [0.1, 0.15) is 18.2 Å². The lowest BCUT2D eigenvalue weighted by Gasteiger charge is -2.22. The fourth-order valence-electron chi connectivity index (χ4n) is 2.37. The predicted octanol–water partition coefficient (Wildman–Crippen LogP) is -0.103. The van der Waals surface area contributed by atoms with E-state index in [-0.39, 0.29) is 6.17 Å². The highest BCUT2D eigenvalue weighted by molar-refractivity contribution is 6.14. The molecule has 0 spiro atoms. The van der Waals surface area contributed by atoms with Crippen molar-refractivity contribution in [1.82, 2.24) is 20.4 Å². The zero-order valence-electron chi connectivity index (χ0n) is 10.7. The first-order valence-corrected chi connectivity index (χ1v) is 6.33. The van der Waals surface area contributed by atoms with Gasteiger partial charge in [0.15, 0.2) is 6.17 Å². The van der Waals surface area contributed by atoms with Gasteiger partial charge in [-0.3, -0.25) is 10.8 Å². The molecular weight excluding hydrogens is 238 g/mol. The van der Waals surface area contributed by atoms with Crippen LogP contribution in [0.2, 0.25) is 0 Å². The van der Waals surface area contributed by atoms with Gasteiger partial charge in [-0.1, -0.05) is 17.7 Å². The monoisotopic (exact) mass is 254 g/mol. The van der Waals surface area contributed by atoms with Gasteiger partial charge in [-0.05, 0) is 24.1 Å². The molecule has 19 heavy (non-hydrogen) atoms. The predicted molar refractivity (Wildman–Crippen MR) is 77.1 cm³/mol. The molecule has 3 heterocycles. The molecule has 0 saturated carbocycles. The van der Waals surface area contributed by atoms with Crippen LogP contribution >= 0.6 is 0 Å². The van der Waals surface area contributed by atoms with Crippen LogP contribution in [0.15, 0.2) is 36.1 Å². The van der Waals surface area contributed by atoms with E-state index < -0.39 is 0 Å². The normalized spacial score (nSPS) is 20.3. The third kappa shape index (κ3) is 2.00. The van der Waals surface area contributed by atoms with E-state index in [1.165, 1.54) is 5.56 Å². The van der Waals surface area contributed by atoms with Crippen LogP contribution in [0.4, 0.5) is 0 Å². The highest BCUT2D eigenvalue weighted by atomic mass is 15.3. The molecule has 2 aliphatic rings. The van der Waals surface area contributed by atoms with Gasteiger partial charge in [-0.2, -0.15) is 0 Å². The van der Waals surface area contributed by atoms with Gasteiger partial charge in [-0.25, -0.2) is 5.43 Å². The lowest BCUT2D eigenvalue weighted by molar-refractivity contribution is 0.603. The summed E-state index contributed by atoms with van der Waals surface area (Å²) in [6.45, 7) is 2.12. The maximum atomic E-state index is 5.59. The molecule has 0 amide bonds. The molecular formula is C14H16N5+. The number of allylic oxidation sites excluding steroid dienone is 2. The van der Waals surface area contributed by atoms with Crippen LogP contribution in [0, 0.1) is 0 Å². The Hall–Kier alpha value is -2.20. The topological polar surface area (TPSA) is 77.1 Å². The molecule has 96 valence electrons. The molecule has 0 fully saturated rings. The minimum atomic E-state index is -0.184. The Morgan fingerprint density at radius 1 is 1.53 bits per heavy atom. The zero-order chi connectivity index (χ0) is 13.2. The van der Waals surface area contributed by atoms with Crippen LogP contribution in [0.3, 0.4) is 0 Å². The molecule has 1 atom stereocenters. The number of hydrazine groups is 1. The smallest absolute Gasteiger partial charge is 0.349 e. The van der Waals surface area contributed by atoms with E-state index in [4.69, 9.17) is 5.84 Å². The summed E-state index contributed by atoms with van der Waals surface area (Å²) in [4.78, 5) is 4.48. The number of hydrogen-bond acceptors (Lipinski definition) is 4. The van der Waals surface area contributed by atoms with Crippen molar-refractivity contribution in [3.63, 3.8) is 0 Å². The second-order valence-corrected chi connectivity index (χ2v) is 4.45. The van der Waals surface area contributed by atoms with Crippen LogP contribution in [-0.4, -0.2) is 23.1 Å². The van der Waals surface area contributed by atoms with E-state index in [0.717, 1.165) is 29.1 Å². The summed E-state index contributed by atoms with van der Waals surface area (Å²) in [6.07, 6.45) is 8.40. The molecule has 1 aromatic heterocycles. The molecule has 4 N–H and O–H groups in total. The number of fused-ring (bicyclic) bond motifs is 1. The minimum absolute atomic E-state index is 0.184. The van der Waals surface area contributed by atoms with Gasteiger partial charge in [0.1, 0.15) is 0 Å². The zero-order valence-corrected chi connectivity index (χ0v) is 10.7. The Bertz CT molecular complexity index is 635. The molecule has 0 aliphatic carbocycles. The molecule has 5 heteroatoms. The lowest BCUT2D eigenvalue weighted by atomic mass is 9.99. The van der Waals surface area contributed by atoms with Crippen LogP contribution in [0.25, 0.3) is 5.70 Å². The molecule has 0 saturated heterocycles. The van der Waals surface area contributed by atoms with Gasteiger partial charge in [0, 0.05) is 12.3 Å². The molecule has 3 rings (SSSR count). The van der Waals surface area contributed by atoms with Crippen LogP contribution < -0.4 is 21.3 Å². The number of hydrogen-bond donors (Lipinski definition) is 3. The van der Waals surface area contributed by atoms with Crippen molar-refractivity contribution in [2.45, 2.75) is 19.5 Å². The van der Waals surface area contributed by atoms with Gasteiger partial charge in [0.2, 0.25) is 0 Å². The molecule has 0 radical (unpaired) electrons. The fourth-order valence-corrected chi connectivity index (χ4v) is 2.37. The van der Waals surface area contributed by atoms with Crippen molar-refractivity contribution >= 4 is 17.6 Å². The van der Waals surface area contributed by atoms with Gasteiger partial charge in [0.25, 0.3) is 6.21 Å². The molecule has 0 aromatic carbocycles. The van der Waals surface area contributed by atoms with Crippen molar-refractivity contribution < 1.29 is 0 Å². The summed E-state index contributed by atoms with van der Waals surface area (Å²) in [6, 6.07) is 4.05. The quantitative estimate of drug-likeness (QED) is 0.400. The fraction of sp³-hybridized carbons (Fsp3) is 0.214. The summed E-state index contributed by atoms with van der Waals surface area (Å²) in [5, 5.41) is 3.34. The summed E-state index contributed by atoms with van der Waals surface area (Å²) in [5.41, 5.74) is 7.88. The molecule has 1 aromatic rings. The van der Waals surface area contributed by atoms with E-state index in [0.29, 0.717) is 0 Å². The van der Waals surface area contributed by atoms with Crippen LogP contribution in [-0.2, 0) is 6.42 Å². The van der Waals surface area contributed by atoms with E-state index in [1.54, 1.807) is 12.4 Å². The Morgan fingerprint density at radius 2 is 2.42 bits per heavy atom. The maximum Gasteiger partial charge on any atom is 0.349 e. The van der Waals surface area contributed by atoms with Crippen molar-refractivity contribution in [2.75, 3.05) is 0 Å². The SMILES string of the molecule is CCc1cccnc1C1=CC2=CC=[N+]=C2C(NN)N1. The van der Waals surface area contributed by atoms with Crippen molar-refractivity contribution in [3.05, 3.63) is 47.3 Å². The summed E-state index contributed by atoms with van der Waals surface area (Å²) >= 11 is 0. The number of pyridine rings is 1. The first-order valence-electron chi connectivity index (χ1n) is 6.33. The van der Waals surface area contributed by atoms with Gasteiger partial charge in [-0.15, -0.1) is 0 Å². The number of nitrogens with zero attached hydrogens (tertiary/aromatic N) is 2. The van der Waals surface area contributed by atoms with Crippen LogP contribution in [0.5, 0.6) is 0 Å². The average molecular weight is 254 g/mol. The first kappa shape index (κ1) is 11.9. The Labute approximate surface area is 111 Å². The average Bonchev–Trinajstić information content (AvgIpc) is 2.94. The number of aromatic nitrogens is 1. The molecule has 5 nitrogen and oxygen atoms in total. The number of rotatable bonds is 3. The molecule has 0 bridgehead atoms. The Balaban J connectivity index is 2.05. The van der Waals surface area contributed by atoms with Gasteiger partial charge in [0.05, 0.1) is 17.0 Å². The van der Waals surface area contributed by atoms with E-state index >= 15 is 0 Å². The van der Waals surface area contributed by atoms with Crippen molar-refractivity contribution in [2.24, 2.45) is 5.84 Å². The van der Waals surface area contributed by atoms with Crippen molar-refractivity contribution in [3.8, 4) is 0 Å². The van der Waals surface area contributed by atoms with E-state index in [1.807, 2.05) is 12.1 Å². The number of nitrogens with two attached hydrogens (primary N) is 1. The second kappa shape index (κ2) is 4.82. The summed E-state index contributed by atoms with van der Waals surface area (Å²) in [7, 11) is 0. The molecule has 2 aliphatic heterocycles. The summed E-state index contributed by atoms with van der Waals surface area (Å²) < 4.78 is 4.31. The third-order valence-corrected chi connectivity index (χ3v) is 3.33. The minimum Gasteiger partial charge on any atom is -0.357 e. The number of nitrogens with one attached hydrogen (secondary N) is 2. The molecule has 1 unspecified atom stereocenters. The van der Waals surface area contributed by atoms with E-state index in [9.17, 15) is 0 Å². The summed E-state index contributed by atoms with van der Waals surface area (Å²) in [5.74, 6) is 5.59. The first-order chi connectivity index (χ1) is 9.33. The van der Waals surface area contributed by atoms with E-state index in [2.05, 4.69) is 39.5 Å². The third-order valence-electron chi connectivity index (χ3n) is 3.33. The second-order valence-electron chi connectivity index (χ2n) is 4.45. The van der Waals surface area contributed by atoms with Gasteiger partial charge >= 0.3 is 5.71 Å². The largest absolute Gasteiger partial charge is 0.357 e. The maximum absolute atomic E-state index is 5.59.